The maximum atomic E-state index is 13.2. The SMILES string of the molecule is CCOc1cc(F)ccc1NC(=O)Cc1ccc(N)cc1. The summed E-state index contributed by atoms with van der Waals surface area (Å²) in [7, 11) is 0. The Labute approximate surface area is 122 Å². The number of rotatable bonds is 5. The number of benzene rings is 2. The molecule has 0 heterocycles. The second kappa shape index (κ2) is 6.74. The third-order valence-electron chi connectivity index (χ3n) is 2.86. The zero-order valence-corrected chi connectivity index (χ0v) is 11.7. The highest BCUT2D eigenvalue weighted by Gasteiger charge is 2.09. The lowest BCUT2D eigenvalue weighted by Crippen LogP contribution is -2.15. The number of nitrogens with two attached hydrogens (primary N) is 1. The molecular weight excluding hydrogens is 271 g/mol. The Morgan fingerprint density at radius 3 is 2.62 bits per heavy atom. The van der Waals surface area contributed by atoms with Crippen LogP contribution >= 0.6 is 0 Å². The third-order valence-corrected chi connectivity index (χ3v) is 2.86. The van der Waals surface area contributed by atoms with E-state index in [2.05, 4.69) is 5.32 Å². The third kappa shape index (κ3) is 4.21. The van der Waals surface area contributed by atoms with Gasteiger partial charge in [-0.05, 0) is 36.8 Å². The normalized spacial score (nSPS) is 10.2. The van der Waals surface area contributed by atoms with Crippen molar-refractivity contribution in [1.29, 1.82) is 0 Å². The van der Waals surface area contributed by atoms with Gasteiger partial charge in [-0.1, -0.05) is 12.1 Å². The van der Waals surface area contributed by atoms with E-state index in [4.69, 9.17) is 10.5 Å². The monoisotopic (exact) mass is 288 g/mol. The van der Waals surface area contributed by atoms with Gasteiger partial charge in [0, 0.05) is 11.8 Å². The van der Waals surface area contributed by atoms with E-state index in [1.165, 1.54) is 18.2 Å². The Morgan fingerprint density at radius 2 is 1.95 bits per heavy atom. The van der Waals surface area contributed by atoms with Gasteiger partial charge in [0.15, 0.2) is 0 Å². The van der Waals surface area contributed by atoms with Gasteiger partial charge in [-0.3, -0.25) is 4.79 Å². The number of hydrogen-bond acceptors (Lipinski definition) is 3. The summed E-state index contributed by atoms with van der Waals surface area (Å²) in [6, 6.07) is 11.1. The maximum Gasteiger partial charge on any atom is 0.228 e. The second-order valence-corrected chi connectivity index (χ2v) is 4.54. The summed E-state index contributed by atoms with van der Waals surface area (Å²) in [5.74, 6) is -0.287. The number of nitrogens with one attached hydrogen (secondary N) is 1. The van der Waals surface area contributed by atoms with E-state index in [1.807, 2.05) is 0 Å². The van der Waals surface area contributed by atoms with Crippen molar-refractivity contribution in [2.24, 2.45) is 0 Å². The molecule has 3 N–H and O–H groups in total. The maximum absolute atomic E-state index is 13.2. The van der Waals surface area contributed by atoms with Crippen molar-refractivity contribution in [3.05, 3.63) is 53.8 Å². The number of carbonyl (C=O) groups excluding carboxylic acids is 1. The van der Waals surface area contributed by atoms with Gasteiger partial charge in [0.2, 0.25) is 5.91 Å². The summed E-state index contributed by atoms with van der Waals surface area (Å²) >= 11 is 0. The van der Waals surface area contributed by atoms with E-state index in [-0.39, 0.29) is 12.3 Å². The zero-order valence-electron chi connectivity index (χ0n) is 11.7. The molecule has 0 aromatic heterocycles. The molecule has 0 fully saturated rings. The van der Waals surface area contributed by atoms with Crippen LogP contribution in [0.1, 0.15) is 12.5 Å². The first-order chi connectivity index (χ1) is 10.1. The van der Waals surface area contributed by atoms with Crippen molar-refractivity contribution < 1.29 is 13.9 Å². The molecule has 2 aromatic carbocycles. The van der Waals surface area contributed by atoms with Gasteiger partial charge in [-0.15, -0.1) is 0 Å². The lowest BCUT2D eigenvalue weighted by molar-refractivity contribution is -0.115. The Balaban J connectivity index is 2.07. The van der Waals surface area contributed by atoms with Crippen LogP contribution in [0.15, 0.2) is 42.5 Å². The van der Waals surface area contributed by atoms with Crippen LogP contribution in [0.2, 0.25) is 0 Å². The Bertz CT molecular complexity index is 627. The second-order valence-electron chi connectivity index (χ2n) is 4.54. The minimum Gasteiger partial charge on any atom is -0.492 e. The van der Waals surface area contributed by atoms with E-state index in [9.17, 15) is 9.18 Å². The average molecular weight is 288 g/mol. The average Bonchev–Trinajstić information content (AvgIpc) is 2.45. The standard InChI is InChI=1S/C16H17FN2O2/c1-2-21-15-10-12(17)5-8-14(15)19-16(20)9-11-3-6-13(18)7-4-11/h3-8,10H,2,9,18H2,1H3,(H,19,20). The molecule has 0 saturated heterocycles. The van der Waals surface area contributed by atoms with Gasteiger partial charge in [-0.25, -0.2) is 4.39 Å². The van der Waals surface area contributed by atoms with Crippen molar-refractivity contribution in [2.75, 3.05) is 17.7 Å². The summed E-state index contributed by atoms with van der Waals surface area (Å²) < 4.78 is 18.5. The fourth-order valence-electron chi connectivity index (χ4n) is 1.89. The van der Waals surface area contributed by atoms with Crippen molar-refractivity contribution in [2.45, 2.75) is 13.3 Å². The zero-order chi connectivity index (χ0) is 15.2. The Kier molecular flexibility index (Phi) is 4.77. The van der Waals surface area contributed by atoms with Gasteiger partial charge < -0.3 is 15.8 Å². The molecule has 0 radical (unpaired) electrons. The van der Waals surface area contributed by atoms with Crippen LogP contribution in [0.5, 0.6) is 5.75 Å². The van der Waals surface area contributed by atoms with Crippen LogP contribution in [-0.4, -0.2) is 12.5 Å². The van der Waals surface area contributed by atoms with E-state index < -0.39 is 5.82 Å². The van der Waals surface area contributed by atoms with Crippen LogP contribution < -0.4 is 15.8 Å². The summed E-state index contributed by atoms with van der Waals surface area (Å²) in [6.45, 7) is 2.19. The molecular formula is C16H17FN2O2. The predicted molar refractivity (Wildman–Crippen MR) is 80.8 cm³/mol. The van der Waals surface area contributed by atoms with Crippen LogP contribution in [0.25, 0.3) is 0 Å². The summed E-state index contributed by atoms with van der Waals surface area (Å²) in [4.78, 5) is 12.0. The number of hydrogen-bond donors (Lipinski definition) is 2. The molecule has 0 unspecified atom stereocenters. The fraction of sp³-hybridized carbons (Fsp3) is 0.188. The molecule has 0 aliphatic heterocycles. The van der Waals surface area contributed by atoms with Crippen molar-refractivity contribution in [3.63, 3.8) is 0 Å². The van der Waals surface area contributed by atoms with Gasteiger partial charge in [-0.2, -0.15) is 0 Å². The first-order valence-electron chi connectivity index (χ1n) is 6.65. The molecule has 2 rings (SSSR count). The molecule has 0 spiro atoms. The van der Waals surface area contributed by atoms with E-state index in [1.54, 1.807) is 31.2 Å². The number of halogens is 1. The smallest absolute Gasteiger partial charge is 0.228 e. The summed E-state index contributed by atoms with van der Waals surface area (Å²) in [5.41, 5.74) is 7.55. The van der Waals surface area contributed by atoms with Gasteiger partial charge in [0.1, 0.15) is 11.6 Å². The minimum absolute atomic E-state index is 0.202. The van der Waals surface area contributed by atoms with Crippen molar-refractivity contribution in [1.82, 2.24) is 0 Å². The van der Waals surface area contributed by atoms with Gasteiger partial charge >= 0.3 is 0 Å². The number of amides is 1. The van der Waals surface area contributed by atoms with Crippen molar-refractivity contribution >= 4 is 17.3 Å². The van der Waals surface area contributed by atoms with E-state index >= 15 is 0 Å². The lowest BCUT2D eigenvalue weighted by Gasteiger charge is -2.11. The minimum atomic E-state index is -0.407. The number of ether oxygens (including phenoxy) is 1. The Morgan fingerprint density at radius 1 is 1.24 bits per heavy atom. The van der Waals surface area contributed by atoms with Crippen LogP contribution in [0.4, 0.5) is 15.8 Å². The lowest BCUT2D eigenvalue weighted by atomic mass is 10.1. The molecule has 1 amide bonds. The highest BCUT2D eigenvalue weighted by molar-refractivity contribution is 5.93. The first kappa shape index (κ1) is 14.8. The van der Waals surface area contributed by atoms with E-state index in [0.29, 0.717) is 23.7 Å². The molecule has 5 heteroatoms. The molecule has 0 aliphatic rings. The van der Waals surface area contributed by atoms with Crippen LogP contribution in [-0.2, 0) is 11.2 Å². The van der Waals surface area contributed by atoms with Crippen molar-refractivity contribution in [3.8, 4) is 5.75 Å². The number of carbonyl (C=O) groups is 1. The van der Waals surface area contributed by atoms with Crippen LogP contribution in [0, 0.1) is 5.82 Å². The van der Waals surface area contributed by atoms with E-state index in [0.717, 1.165) is 5.56 Å². The molecule has 0 aliphatic carbocycles. The molecule has 21 heavy (non-hydrogen) atoms. The topological polar surface area (TPSA) is 64.3 Å². The molecule has 0 bridgehead atoms. The largest absolute Gasteiger partial charge is 0.492 e. The predicted octanol–water partition coefficient (Wildman–Crippen LogP) is 2.99. The quantitative estimate of drug-likeness (QED) is 0.831. The Hall–Kier alpha value is -2.56. The van der Waals surface area contributed by atoms with Gasteiger partial charge in [0.25, 0.3) is 0 Å². The molecule has 4 nitrogen and oxygen atoms in total. The molecule has 0 saturated carbocycles. The fourth-order valence-corrected chi connectivity index (χ4v) is 1.89. The highest BCUT2D eigenvalue weighted by atomic mass is 19.1. The van der Waals surface area contributed by atoms with Crippen LogP contribution in [0.3, 0.4) is 0 Å². The molecule has 2 aromatic rings. The highest BCUT2D eigenvalue weighted by Crippen LogP contribution is 2.25. The molecule has 0 atom stereocenters. The van der Waals surface area contributed by atoms with Gasteiger partial charge in [0.05, 0.1) is 18.7 Å². The number of anilines is 2. The summed E-state index contributed by atoms with van der Waals surface area (Å²) in [5, 5.41) is 2.72. The molecule has 110 valence electrons. The number of nitrogen functional groups attached to an aromatic ring is 1. The first-order valence-corrected chi connectivity index (χ1v) is 6.65. The summed E-state index contributed by atoms with van der Waals surface area (Å²) in [6.07, 6.45) is 0.212.